The van der Waals surface area contributed by atoms with Crippen molar-refractivity contribution in [1.29, 1.82) is 0 Å². The summed E-state index contributed by atoms with van der Waals surface area (Å²) in [5.41, 5.74) is 1.00. The van der Waals surface area contributed by atoms with Gasteiger partial charge >= 0.3 is 5.97 Å². The second-order valence-corrected chi connectivity index (χ2v) is 6.51. The van der Waals surface area contributed by atoms with Crippen molar-refractivity contribution < 1.29 is 14.6 Å². The Hall–Kier alpha value is -1.34. The Bertz CT molecular complexity index is 678. The molecular formula is C15H16Cl2N2O3S. The average molecular weight is 375 g/mol. The lowest BCUT2D eigenvalue weighted by Crippen LogP contribution is -2.24. The zero-order valence-corrected chi connectivity index (χ0v) is 14.8. The molecule has 0 bridgehead atoms. The molecule has 124 valence electrons. The van der Waals surface area contributed by atoms with E-state index in [0.717, 1.165) is 5.56 Å². The first-order valence-corrected chi connectivity index (χ1v) is 8.47. The highest BCUT2D eigenvalue weighted by atomic mass is 35.5. The Kier molecular flexibility index (Phi) is 6.65. The maximum absolute atomic E-state index is 11.7. The van der Waals surface area contributed by atoms with Gasteiger partial charge < -0.3 is 14.7 Å². The SMILES string of the molecule is COC(=O)c1sc(N(CCCO)Cc2cccc(Cl)c2)nc1Cl. The summed E-state index contributed by atoms with van der Waals surface area (Å²) in [5, 5.41) is 10.5. The minimum absolute atomic E-state index is 0.0645. The lowest BCUT2D eigenvalue weighted by molar-refractivity contribution is 0.0606. The molecule has 0 amide bonds. The average Bonchev–Trinajstić information content (AvgIpc) is 2.92. The number of thiazole rings is 1. The number of anilines is 1. The molecule has 0 aliphatic carbocycles. The second-order valence-electron chi connectivity index (χ2n) is 4.74. The van der Waals surface area contributed by atoms with Gasteiger partial charge in [0, 0.05) is 24.7 Å². The van der Waals surface area contributed by atoms with Gasteiger partial charge in [-0.15, -0.1) is 0 Å². The van der Waals surface area contributed by atoms with E-state index in [1.54, 1.807) is 6.07 Å². The quantitative estimate of drug-likeness (QED) is 0.749. The molecule has 0 unspecified atom stereocenters. The molecular weight excluding hydrogens is 359 g/mol. The van der Waals surface area contributed by atoms with Gasteiger partial charge in [0.05, 0.1) is 7.11 Å². The van der Waals surface area contributed by atoms with Crippen molar-refractivity contribution in [3.63, 3.8) is 0 Å². The van der Waals surface area contributed by atoms with E-state index in [1.165, 1.54) is 18.4 Å². The van der Waals surface area contributed by atoms with E-state index < -0.39 is 5.97 Å². The van der Waals surface area contributed by atoms with Crippen LogP contribution in [-0.4, -0.2) is 36.3 Å². The molecule has 2 rings (SSSR count). The number of aliphatic hydroxyl groups excluding tert-OH is 1. The number of methoxy groups -OCH3 is 1. The maximum atomic E-state index is 11.7. The van der Waals surface area contributed by atoms with Gasteiger partial charge in [-0.05, 0) is 24.1 Å². The number of nitrogens with zero attached hydrogens (tertiary/aromatic N) is 2. The number of rotatable bonds is 7. The molecule has 0 saturated heterocycles. The number of hydrogen-bond donors (Lipinski definition) is 1. The molecule has 8 heteroatoms. The lowest BCUT2D eigenvalue weighted by atomic mass is 10.2. The van der Waals surface area contributed by atoms with Gasteiger partial charge in [-0.25, -0.2) is 9.78 Å². The molecule has 0 saturated carbocycles. The van der Waals surface area contributed by atoms with Crippen LogP contribution in [0, 0.1) is 0 Å². The standard InChI is InChI=1S/C15H16Cl2N2O3S/c1-22-14(21)12-13(17)18-15(23-12)19(6-3-7-20)9-10-4-2-5-11(16)8-10/h2,4-5,8,20H,3,6-7,9H2,1H3. The van der Waals surface area contributed by atoms with Crippen LogP contribution in [0.4, 0.5) is 5.13 Å². The Morgan fingerprint density at radius 2 is 2.22 bits per heavy atom. The summed E-state index contributed by atoms with van der Waals surface area (Å²) < 4.78 is 4.70. The number of esters is 1. The van der Waals surface area contributed by atoms with Crippen molar-refractivity contribution in [1.82, 2.24) is 4.98 Å². The van der Waals surface area contributed by atoms with Crippen LogP contribution in [0.25, 0.3) is 0 Å². The smallest absolute Gasteiger partial charge is 0.351 e. The molecule has 0 spiro atoms. The Morgan fingerprint density at radius 1 is 1.43 bits per heavy atom. The van der Waals surface area contributed by atoms with E-state index in [2.05, 4.69) is 4.98 Å². The third-order valence-electron chi connectivity index (χ3n) is 3.06. The van der Waals surface area contributed by atoms with E-state index in [4.69, 9.17) is 33.0 Å². The van der Waals surface area contributed by atoms with Gasteiger partial charge in [0.1, 0.15) is 0 Å². The first-order chi connectivity index (χ1) is 11.0. The third kappa shape index (κ3) is 4.81. The van der Waals surface area contributed by atoms with E-state index in [9.17, 15) is 4.79 Å². The number of hydrogen-bond acceptors (Lipinski definition) is 6. The number of ether oxygens (including phenoxy) is 1. The molecule has 0 aliphatic rings. The fourth-order valence-corrected chi connectivity index (χ4v) is 3.44. The van der Waals surface area contributed by atoms with E-state index >= 15 is 0 Å². The molecule has 2 aromatic rings. The zero-order valence-electron chi connectivity index (χ0n) is 12.5. The van der Waals surface area contributed by atoms with Crippen molar-refractivity contribution in [2.45, 2.75) is 13.0 Å². The van der Waals surface area contributed by atoms with E-state index in [-0.39, 0.29) is 16.6 Å². The minimum Gasteiger partial charge on any atom is -0.465 e. The molecule has 0 atom stereocenters. The summed E-state index contributed by atoms with van der Waals surface area (Å²) >= 11 is 13.2. The summed E-state index contributed by atoms with van der Waals surface area (Å²) in [6.07, 6.45) is 0.575. The molecule has 23 heavy (non-hydrogen) atoms. The third-order valence-corrected chi connectivity index (χ3v) is 4.78. The van der Waals surface area contributed by atoms with Gasteiger partial charge in [-0.3, -0.25) is 0 Å². The van der Waals surface area contributed by atoms with Gasteiger partial charge in [0.15, 0.2) is 15.2 Å². The summed E-state index contributed by atoms with van der Waals surface area (Å²) in [4.78, 5) is 18.1. The Labute approximate surface area is 148 Å². The molecule has 1 N–H and O–H groups in total. The monoisotopic (exact) mass is 374 g/mol. The fourth-order valence-electron chi connectivity index (χ4n) is 2.00. The molecule has 0 fully saturated rings. The van der Waals surface area contributed by atoms with Crippen molar-refractivity contribution in [2.24, 2.45) is 0 Å². The van der Waals surface area contributed by atoms with Crippen LogP contribution in [-0.2, 0) is 11.3 Å². The number of aliphatic hydroxyl groups is 1. The molecule has 0 aliphatic heterocycles. The molecule has 1 aromatic carbocycles. The molecule has 1 aromatic heterocycles. The van der Waals surface area contributed by atoms with Gasteiger partial charge in [-0.1, -0.05) is 46.7 Å². The van der Waals surface area contributed by atoms with Crippen molar-refractivity contribution in [2.75, 3.05) is 25.2 Å². The lowest BCUT2D eigenvalue weighted by Gasteiger charge is -2.21. The van der Waals surface area contributed by atoms with Crippen LogP contribution < -0.4 is 4.90 Å². The topological polar surface area (TPSA) is 62.7 Å². The van der Waals surface area contributed by atoms with Crippen LogP contribution in [0.1, 0.15) is 21.7 Å². The second kappa shape index (κ2) is 8.49. The van der Waals surface area contributed by atoms with Gasteiger partial charge in [0.2, 0.25) is 0 Å². The first-order valence-electron chi connectivity index (χ1n) is 6.90. The number of halogens is 2. The van der Waals surface area contributed by atoms with Crippen LogP contribution >= 0.6 is 34.5 Å². The van der Waals surface area contributed by atoms with Crippen LogP contribution in [0.3, 0.4) is 0 Å². The summed E-state index contributed by atoms with van der Waals surface area (Å²) in [6.45, 7) is 1.19. The predicted molar refractivity (Wildman–Crippen MR) is 92.7 cm³/mol. The Balaban J connectivity index is 2.26. The molecule has 5 nitrogen and oxygen atoms in total. The van der Waals surface area contributed by atoms with Crippen LogP contribution in [0.5, 0.6) is 0 Å². The maximum Gasteiger partial charge on any atom is 0.351 e. The molecule has 1 heterocycles. The highest BCUT2D eigenvalue weighted by Crippen LogP contribution is 2.31. The Morgan fingerprint density at radius 3 is 2.87 bits per heavy atom. The summed E-state index contributed by atoms with van der Waals surface area (Å²) in [5.74, 6) is -0.511. The van der Waals surface area contributed by atoms with Gasteiger partial charge in [-0.2, -0.15) is 0 Å². The summed E-state index contributed by atoms with van der Waals surface area (Å²) in [6, 6.07) is 7.49. The zero-order chi connectivity index (χ0) is 16.8. The summed E-state index contributed by atoms with van der Waals surface area (Å²) in [7, 11) is 1.30. The fraction of sp³-hybridized carbons (Fsp3) is 0.333. The van der Waals surface area contributed by atoms with Crippen molar-refractivity contribution in [3.05, 3.63) is 44.9 Å². The molecule has 0 radical (unpaired) electrons. The van der Waals surface area contributed by atoms with E-state index in [0.29, 0.717) is 29.7 Å². The number of benzene rings is 1. The minimum atomic E-state index is -0.511. The normalized spacial score (nSPS) is 10.6. The highest BCUT2D eigenvalue weighted by Gasteiger charge is 2.20. The van der Waals surface area contributed by atoms with Crippen molar-refractivity contribution in [3.8, 4) is 0 Å². The number of aromatic nitrogens is 1. The number of carbonyl (C=O) groups is 1. The van der Waals surface area contributed by atoms with Crippen LogP contribution in [0.15, 0.2) is 24.3 Å². The highest BCUT2D eigenvalue weighted by molar-refractivity contribution is 7.18. The van der Waals surface area contributed by atoms with Crippen LogP contribution in [0.2, 0.25) is 10.2 Å². The van der Waals surface area contributed by atoms with Gasteiger partial charge in [0.25, 0.3) is 0 Å². The van der Waals surface area contributed by atoms with E-state index in [1.807, 2.05) is 23.1 Å². The number of carbonyl (C=O) groups excluding carboxylic acids is 1. The van der Waals surface area contributed by atoms with Crippen molar-refractivity contribution >= 4 is 45.6 Å². The first kappa shape index (κ1) is 18.0. The largest absolute Gasteiger partial charge is 0.465 e. The predicted octanol–water partition coefficient (Wildman–Crippen LogP) is 3.63.